The molecule has 4 heteroatoms. The highest BCUT2D eigenvalue weighted by Gasteiger charge is 2.31. The van der Waals surface area contributed by atoms with Gasteiger partial charge in [-0.15, -0.1) is 0 Å². The molecule has 0 spiro atoms. The Morgan fingerprint density at radius 1 is 1.25 bits per heavy atom. The summed E-state index contributed by atoms with van der Waals surface area (Å²) in [5.74, 6) is 0.244. The molecule has 2 rings (SSSR count). The van der Waals surface area contributed by atoms with Gasteiger partial charge in [0.2, 0.25) is 5.91 Å². The summed E-state index contributed by atoms with van der Waals surface area (Å²) in [4.78, 5) is 16.3. The standard InChI is InChI=1S/C12H22N2O2/c1-10(14-8-5-11(15)9-14)12(16)13-6-3-2-4-7-13/h10-11,15H,2-9H2,1H3/t10?,11-/m0/s1. The molecule has 0 aliphatic carbocycles. The van der Waals surface area contributed by atoms with Gasteiger partial charge in [-0.2, -0.15) is 0 Å². The quantitative estimate of drug-likeness (QED) is 0.743. The highest BCUT2D eigenvalue weighted by Crippen LogP contribution is 2.16. The van der Waals surface area contributed by atoms with Crippen LogP contribution in [0.2, 0.25) is 0 Å². The number of hydrogen-bond donors (Lipinski definition) is 1. The van der Waals surface area contributed by atoms with Gasteiger partial charge < -0.3 is 10.0 Å². The first-order chi connectivity index (χ1) is 7.68. The molecule has 16 heavy (non-hydrogen) atoms. The molecule has 2 aliphatic heterocycles. The fourth-order valence-corrected chi connectivity index (χ4v) is 2.65. The number of aliphatic hydroxyl groups excluding tert-OH is 1. The highest BCUT2D eigenvalue weighted by molar-refractivity contribution is 5.81. The molecule has 0 aromatic carbocycles. The summed E-state index contributed by atoms with van der Waals surface area (Å²) < 4.78 is 0. The summed E-state index contributed by atoms with van der Waals surface area (Å²) >= 11 is 0. The SMILES string of the molecule is CC(C(=O)N1CCCCC1)N1CC[C@H](O)C1. The number of nitrogens with zero attached hydrogens (tertiary/aromatic N) is 2. The first kappa shape index (κ1) is 11.9. The van der Waals surface area contributed by atoms with Crippen molar-refractivity contribution in [1.29, 1.82) is 0 Å². The largest absolute Gasteiger partial charge is 0.392 e. The van der Waals surface area contributed by atoms with Crippen LogP contribution in [0.25, 0.3) is 0 Å². The molecule has 2 saturated heterocycles. The smallest absolute Gasteiger partial charge is 0.239 e. The van der Waals surface area contributed by atoms with Gasteiger partial charge in [-0.1, -0.05) is 0 Å². The number of likely N-dealkylation sites (tertiary alicyclic amines) is 2. The number of piperidine rings is 1. The molecule has 0 bridgehead atoms. The maximum Gasteiger partial charge on any atom is 0.239 e. The van der Waals surface area contributed by atoms with E-state index < -0.39 is 0 Å². The molecule has 2 heterocycles. The molecule has 2 aliphatic rings. The molecule has 2 atom stereocenters. The van der Waals surface area contributed by atoms with Crippen molar-refractivity contribution in [3.63, 3.8) is 0 Å². The second-order valence-corrected chi connectivity index (χ2v) is 5.00. The van der Waals surface area contributed by atoms with E-state index in [4.69, 9.17) is 0 Å². The Bertz CT molecular complexity index is 251. The Labute approximate surface area is 97.2 Å². The predicted octanol–water partition coefficient (Wildman–Crippen LogP) is 0.454. The van der Waals surface area contributed by atoms with Crippen LogP contribution in [0.1, 0.15) is 32.6 Å². The Kier molecular flexibility index (Phi) is 3.82. The van der Waals surface area contributed by atoms with Crippen molar-refractivity contribution in [2.45, 2.75) is 44.8 Å². The lowest BCUT2D eigenvalue weighted by atomic mass is 10.1. The molecule has 1 amide bonds. The van der Waals surface area contributed by atoms with E-state index in [0.29, 0.717) is 6.54 Å². The van der Waals surface area contributed by atoms with E-state index in [-0.39, 0.29) is 18.1 Å². The molecule has 92 valence electrons. The third-order valence-corrected chi connectivity index (χ3v) is 3.77. The first-order valence-corrected chi connectivity index (χ1v) is 6.39. The lowest BCUT2D eigenvalue weighted by molar-refractivity contribution is -0.137. The number of aliphatic hydroxyl groups is 1. The summed E-state index contributed by atoms with van der Waals surface area (Å²) in [6.45, 7) is 5.30. The molecule has 4 nitrogen and oxygen atoms in total. The minimum Gasteiger partial charge on any atom is -0.392 e. The van der Waals surface area contributed by atoms with Gasteiger partial charge in [0, 0.05) is 26.2 Å². The summed E-state index contributed by atoms with van der Waals surface area (Å²) in [6, 6.07) is -0.0600. The molecule has 0 saturated carbocycles. The lowest BCUT2D eigenvalue weighted by Crippen LogP contribution is -2.48. The van der Waals surface area contributed by atoms with Crippen molar-refractivity contribution in [2.24, 2.45) is 0 Å². The van der Waals surface area contributed by atoms with Gasteiger partial charge in [-0.05, 0) is 32.6 Å². The third-order valence-electron chi connectivity index (χ3n) is 3.77. The van der Waals surface area contributed by atoms with Gasteiger partial charge in [0.1, 0.15) is 0 Å². The van der Waals surface area contributed by atoms with Crippen molar-refractivity contribution in [2.75, 3.05) is 26.2 Å². The van der Waals surface area contributed by atoms with Gasteiger partial charge >= 0.3 is 0 Å². The van der Waals surface area contributed by atoms with Crippen LogP contribution in [0.4, 0.5) is 0 Å². The van der Waals surface area contributed by atoms with Gasteiger partial charge in [0.15, 0.2) is 0 Å². The number of β-amino-alcohol motifs (C(OH)–C–C–N with tert-alkyl or cyclic N) is 1. The van der Waals surface area contributed by atoms with Crippen LogP contribution < -0.4 is 0 Å². The summed E-state index contributed by atoms with van der Waals surface area (Å²) in [6.07, 6.45) is 4.09. The van der Waals surface area contributed by atoms with Crippen LogP contribution >= 0.6 is 0 Å². The van der Waals surface area contributed by atoms with Crippen molar-refractivity contribution in [3.05, 3.63) is 0 Å². The van der Waals surface area contributed by atoms with Gasteiger partial charge in [0.05, 0.1) is 12.1 Å². The first-order valence-electron chi connectivity index (χ1n) is 6.39. The average molecular weight is 226 g/mol. The fourth-order valence-electron chi connectivity index (χ4n) is 2.65. The van der Waals surface area contributed by atoms with E-state index >= 15 is 0 Å². The predicted molar refractivity (Wildman–Crippen MR) is 62.1 cm³/mol. The number of rotatable bonds is 2. The minimum atomic E-state index is -0.239. The van der Waals surface area contributed by atoms with Crippen LogP contribution in [-0.4, -0.2) is 59.1 Å². The van der Waals surface area contributed by atoms with E-state index in [1.807, 2.05) is 11.8 Å². The summed E-state index contributed by atoms with van der Waals surface area (Å²) in [7, 11) is 0. The molecule has 1 unspecified atom stereocenters. The zero-order chi connectivity index (χ0) is 11.5. The lowest BCUT2D eigenvalue weighted by Gasteiger charge is -2.32. The Balaban J connectivity index is 1.88. The Hall–Kier alpha value is -0.610. The zero-order valence-electron chi connectivity index (χ0n) is 10.1. The highest BCUT2D eigenvalue weighted by atomic mass is 16.3. The van der Waals surface area contributed by atoms with Crippen molar-refractivity contribution in [3.8, 4) is 0 Å². The van der Waals surface area contributed by atoms with Crippen LogP contribution in [0.3, 0.4) is 0 Å². The monoisotopic (exact) mass is 226 g/mol. The second kappa shape index (κ2) is 5.15. The van der Waals surface area contributed by atoms with E-state index in [2.05, 4.69) is 4.90 Å². The van der Waals surface area contributed by atoms with Gasteiger partial charge in [0.25, 0.3) is 0 Å². The normalized spacial score (nSPS) is 29.4. The number of hydrogen-bond acceptors (Lipinski definition) is 3. The van der Waals surface area contributed by atoms with Crippen LogP contribution in [0.5, 0.6) is 0 Å². The molecule has 0 radical (unpaired) electrons. The molecular formula is C12H22N2O2. The van der Waals surface area contributed by atoms with Crippen LogP contribution in [-0.2, 0) is 4.79 Å². The van der Waals surface area contributed by atoms with E-state index in [1.54, 1.807) is 0 Å². The van der Waals surface area contributed by atoms with Crippen LogP contribution in [0.15, 0.2) is 0 Å². The number of carbonyl (C=O) groups is 1. The third kappa shape index (κ3) is 2.55. The molecule has 1 N–H and O–H groups in total. The fraction of sp³-hybridized carbons (Fsp3) is 0.917. The molecule has 0 aromatic rings. The summed E-state index contributed by atoms with van der Waals surface area (Å²) in [5, 5.41) is 9.47. The van der Waals surface area contributed by atoms with Crippen molar-refractivity contribution < 1.29 is 9.90 Å². The topological polar surface area (TPSA) is 43.8 Å². The summed E-state index contributed by atoms with van der Waals surface area (Å²) in [5.41, 5.74) is 0. The number of amides is 1. The van der Waals surface area contributed by atoms with Gasteiger partial charge in [-0.25, -0.2) is 0 Å². The zero-order valence-corrected chi connectivity index (χ0v) is 10.1. The molecule has 2 fully saturated rings. The van der Waals surface area contributed by atoms with Crippen LogP contribution in [0, 0.1) is 0 Å². The minimum absolute atomic E-state index is 0.0600. The molecule has 0 aromatic heterocycles. The van der Waals surface area contributed by atoms with Crippen molar-refractivity contribution in [1.82, 2.24) is 9.80 Å². The van der Waals surface area contributed by atoms with E-state index in [0.717, 1.165) is 38.9 Å². The molecular weight excluding hydrogens is 204 g/mol. The maximum absolute atomic E-state index is 12.2. The van der Waals surface area contributed by atoms with Crippen molar-refractivity contribution >= 4 is 5.91 Å². The number of carbonyl (C=O) groups excluding carboxylic acids is 1. The van der Waals surface area contributed by atoms with E-state index in [9.17, 15) is 9.90 Å². The Morgan fingerprint density at radius 2 is 1.94 bits per heavy atom. The van der Waals surface area contributed by atoms with Gasteiger partial charge in [-0.3, -0.25) is 9.69 Å². The average Bonchev–Trinajstić information content (AvgIpc) is 2.75. The second-order valence-electron chi connectivity index (χ2n) is 5.00. The Morgan fingerprint density at radius 3 is 2.50 bits per heavy atom. The van der Waals surface area contributed by atoms with E-state index in [1.165, 1.54) is 6.42 Å². The maximum atomic E-state index is 12.2.